The maximum atomic E-state index is 12.0. The molecule has 2 heterocycles. The highest BCUT2D eigenvalue weighted by molar-refractivity contribution is 5.87. The molecule has 1 fully saturated rings. The lowest BCUT2D eigenvalue weighted by Crippen LogP contribution is -2.63. The first-order valence-electron chi connectivity index (χ1n) is 9.89. The number of imidazole rings is 1. The van der Waals surface area contributed by atoms with Crippen molar-refractivity contribution in [2.75, 3.05) is 33.0 Å². The zero-order valence-electron chi connectivity index (χ0n) is 17.8. The molecular weight excluding hydrogens is 410 g/mol. The summed E-state index contributed by atoms with van der Waals surface area (Å²) in [6.45, 7) is 8.40. The van der Waals surface area contributed by atoms with E-state index in [0.717, 1.165) is 6.08 Å². The molecule has 0 radical (unpaired) electrons. The third kappa shape index (κ3) is 7.74. The molecule has 2 amide bonds. The Morgan fingerprint density at radius 2 is 2.13 bits per heavy atom. The van der Waals surface area contributed by atoms with Gasteiger partial charge in [0.1, 0.15) is 17.9 Å². The van der Waals surface area contributed by atoms with Gasteiger partial charge in [-0.3, -0.25) is 9.59 Å². The molecule has 12 nitrogen and oxygen atoms in total. The number of aryl methyl sites for hydroxylation is 1. The van der Waals surface area contributed by atoms with Gasteiger partial charge in [-0.25, -0.2) is 4.57 Å². The van der Waals surface area contributed by atoms with Crippen LogP contribution in [0.3, 0.4) is 0 Å². The molecule has 1 aromatic rings. The maximum Gasteiger partial charge on any atom is 0.434 e. The predicted molar refractivity (Wildman–Crippen MR) is 109 cm³/mol. The fourth-order valence-corrected chi connectivity index (χ4v) is 2.86. The molecule has 1 aliphatic heterocycles. The lowest BCUT2D eigenvalue weighted by atomic mass is 10.0. The van der Waals surface area contributed by atoms with Crippen LogP contribution >= 0.6 is 0 Å². The summed E-state index contributed by atoms with van der Waals surface area (Å²) in [5, 5.41) is 16.3. The van der Waals surface area contributed by atoms with Gasteiger partial charge in [-0.2, -0.15) is 0 Å². The lowest BCUT2D eigenvalue weighted by molar-refractivity contribution is -0.396. The summed E-state index contributed by atoms with van der Waals surface area (Å²) >= 11 is 0. The molecule has 2 N–H and O–H groups in total. The second kappa shape index (κ2) is 11.0. The van der Waals surface area contributed by atoms with E-state index in [1.54, 1.807) is 13.8 Å². The largest absolute Gasteiger partial charge is 0.434 e. The molecule has 31 heavy (non-hydrogen) atoms. The smallest absolute Gasteiger partial charge is 0.390 e. The number of nitrogens with zero attached hydrogens (tertiary/aromatic N) is 3. The number of rotatable bonds is 12. The number of nitro groups is 1. The van der Waals surface area contributed by atoms with Gasteiger partial charge >= 0.3 is 5.95 Å². The van der Waals surface area contributed by atoms with Crippen LogP contribution < -0.4 is 10.6 Å². The number of carbonyl (C=O) groups is 2. The number of amides is 2. The average molecular weight is 439 g/mol. The minimum atomic E-state index is -0.864. The highest BCUT2D eigenvalue weighted by atomic mass is 16.7. The van der Waals surface area contributed by atoms with Crippen LogP contribution in [0.15, 0.2) is 25.0 Å². The van der Waals surface area contributed by atoms with E-state index in [2.05, 4.69) is 22.2 Å². The van der Waals surface area contributed by atoms with E-state index in [0.29, 0.717) is 19.5 Å². The van der Waals surface area contributed by atoms with Crippen LogP contribution in [0.1, 0.15) is 26.7 Å². The maximum absolute atomic E-state index is 12.0. The first-order chi connectivity index (χ1) is 14.7. The Labute approximate surface area is 180 Å². The molecule has 0 unspecified atom stereocenters. The summed E-state index contributed by atoms with van der Waals surface area (Å²) in [4.78, 5) is 37.7. The van der Waals surface area contributed by atoms with Gasteiger partial charge in [0.2, 0.25) is 11.8 Å². The summed E-state index contributed by atoms with van der Waals surface area (Å²) in [7, 11) is 0. The third-order valence-electron chi connectivity index (χ3n) is 4.57. The summed E-state index contributed by atoms with van der Waals surface area (Å²) in [6.07, 6.45) is 4.69. The fraction of sp³-hybridized carbons (Fsp3) is 0.632. The van der Waals surface area contributed by atoms with E-state index < -0.39 is 16.2 Å². The van der Waals surface area contributed by atoms with Crippen molar-refractivity contribution in [2.45, 2.75) is 44.6 Å². The Bertz CT molecular complexity index is 782. The normalized spacial score (nSPS) is 17.0. The van der Waals surface area contributed by atoms with E-state index in [4.69, 9.17) is 14.2 Å². The first-order valence-corrected chi connectivity index (χ1v) is 9.89. The monoisotopic (exact) mass is 439 g/mol. The van der Waals surface area contributed by atoms with Crippen LogP contribution in [0.4, 0.5) is 5.95 Å². The van der Waals surface area contributed by atoms with Crippen molar-refractivity contribution in [3.05, 3.63) is 35.2 Å². The second-order valence-corrected chi connectivity index (χ2v) is 7.63. The van der Waals surface area contributed by atoms with E-state index in [1.807, 2.05) is 0 Å². The molecule has 1 aliphatic rings. The minimum absolute atomic E-state index is 0.111. The molecule has 1 aromatic heterocycles. The Morgan fingerprint density at radius 1 is 1.42 bits per heavy atom. The van der Waals surface area contributed by atoms with Crippen LogP contribution in [0.2, 0.25) is 0 Å². The van der Waals surface area contributed by atoms with Gasteiger partial charge in [0.25, 0.3) is 0 Å². The SMILES string of the molecule is C=CC(=O)NC1(COCCC(=O)NCCCn2ccnc2[N+](=O)[O-])COC(C)(C)OC1. The molecule has 0 aliphatic carbocycles. The first kappa shape index (κ1) is 24.4. The molecule has 0 spiro atoms. The van der Waals surface area contributed by atoms with Crippen LogP contribution in [0, 0.1) is 10.1 Å². The van der Waals surface area contributed by atoms with Crippen molar-refractivity contribution in [3.8, 4) is 0 Å². The zero-order chi connectivity index (χ0) is 22.9. The van der Waals surface area contributed by atoms with Crippen LogP contribution in [-0.2, 0) is 30.3 Å². The summed E-state index contributed by atoms with van der Waals surface area (Å²) < 4.78 is 18.3. The molecule has 0 atom stereocenters. The highest BCUT2D eigenvalue weighted by Crippen LogP contribution is 2.24. The standard InChI is InChI=1S/C19H29N5O7/c1-4-15(25)22-19(13-30-18(2,3)31-14-19)12-29-11-6-16(26)20-7-5-9-23-10-8-21-17(23)24(27)28/h4,8,10H,1,5-7,9,11-14H2,2-3H3,(H,20,26)(H,22,25). The Balaban J connectivity index is 1.68. The fourth-order valence-electron chi connectivity index (χ4n) is 2.86. The van der Waals surface area contributed by atoms with E-state index in [-0.39, 0.29) is 50.6 Å². The van der Waals surface area contributed by atoms with Crippen LogP contribution in [-0.4, -0.2) is 70.6 Å². The summed E-state index contributed by atoms with van der Waals surface area (Å²) in [5.41, 5.74) is -0.864. The van der Waals surface area contributed by atoms with Gasteiger partial charge in [0.15, 0.2) is 5.79 Å². The minimum Gasteiger partial charge on any atom is -0.390 e. The number of ether oxygens (including phenoxy) is 3. The molecule has 172 valence electrons. The summed E-state index contributed by atoms with van der Waals surface area (Å²) in [5.74, 6) is -1.55. The van der Waals surface area contributed by atoms with Gasteiger partial charge < -0.3 is 35.0 Å². The van der Waals surface area contributed by atoms with Gasteiger partial charge in [0.05, 0.1) is 33.0 Å². The van der Waals surface area contributed by atoms with Gasteiger partial charge in [-0.1, -0.05) is 11.6 Å². The number of aromatic nitrogens is 2. The van der Waals surface area contributed by atoms with E-state index in [9.17, 15) is 19.7 Å². The third-order valence-corrected chi connectivity index (χ3v) is 4.57. The van der Waals surface area contributed by atoms with Crippen molar-refractivity contribution >= 4 is 17.8 Å². The molecule has 0 bridgehead atoms. The quantitative estimate of drug-likeness (QED) is 0.207. The molecular formula is C19H29N5O7. The predicted octanol–water partition coefficient (Wildman–Crippen LogP) is 0.528. The Hall–Kier alpha value is -2.83. The number of nitrogens with one attached hydrogen (secondary N) is 2. The Kier molecular flexibility index (Phi) is 8.65. The van der Waals surface area contributed by atoms with Crippen molar-refractivity contribution in [1.82, 2.24) is 20.2 Å². The van der Waals surface area contributed by atoms with E-state index in [1.165, 1.54) is 17.0 Å². The lowest BCUT2D eigenvalue weighted by Gasteiger charge is -2.43. The highest BCUT2D eigenvalue weighted by Gasteiger charge is 2.41. The van der Waals surface area contributed by atoms with Crippen molar-refractivity contribution in [3.63, 3.8) is 0 Å². The van der Waals surface area contributed by atoms with E-state index >= 15 is 0 Å². The van der Waals surface area contributed by atoms with Crippen molar-refractivity contribution in [2.24, 2.45) is 0 Å². The number of carbonyl (C=O) groups excluding carboxylic acids is 2. The van der Waals surface area contributed by atoms with Crippen molar-refractivity contribution < 1.29 is 28.7 Å². The second-order valence-electron chi connectivity index (χ2n) is 7.63. The van der Waals surface area contributed by atoms with Crippen LogP contribution in [0.5, 0.6) is 0 Å². The number of hydrogen-bond acceptors (Lipinski definition) is 8. The Morgan fingerprint density at radius 3 is 2.77 bits per heavy atom. The molecule has 12 heteroatoms. The average Bonchev–Trinajstić information content (AvgIpc) is 3.20. The zero-order valence-corrected chi connectivity index (χ0v) is 17.8. The topological polar surface area (TPSA) is 147 Å². The molecule has 0 saturated carbocycles. The van der Waals surface area contributed by atoms with Gasteiger partial charge in [-0.15, -0.1) is 0 Å². The van der Waals surface area contributed by atoms with Crippen molar-refractivity contribution in [1.29, 1.82) is 0 Å². The van der Waals surface area contributed by atoms with Gasteiger partial charge in [-0.05, 0) is 31.3 Å². The summed E-state index contributed by atoms with van der Waals surface area (Å²) in [6, 6.07) is 0. The molecule has 0 aromatic carbocycles. The van der Waals surface area contributed by atoms with Gasteiger partial charge in [0, 0.05) is 13.0 Å². The number of hydrogen-bond donors (Lipinski definition) is 2. The molecule has 2 rings (SSSR count). The van der Waals surface area contributed by atoms with Crippen LogP contribution in [0.25, 0.3) is 0 Å². The molecule has 1 saturated heterocycles.